The average Bonchev–Trinajstić information content (AvgIpc) is 3.26. The van der Waals surface area contributed by atoms with E-state index in [2.05, 4.69) is 4.72 Å². The molecular weight excluding hydrogens is 408 g/mol. The Balaban J connectivity index is 1.99. The molecule has 0 radical (unpaired) electrons. The van der Waals surface area contributed by atoms with E-state index in [1.54, 1.807) is 11.8 Å². The van der Waals surface area contributed by atoms with E-state index >= 15 is 0 Å². The first kappa shape index (κ1) is 22.2. The van der Waals surface area contributed by atoms with E-state index < -0.39 is 21.3 Å². The number of fused-ring (bicyclic) bond motifs is 1. The summed E-state index contributed by atoms with van der Waals surface area (Å²) in [4.78, 5) is 39.7. The van der Waals surface area contributed by atoms with Crippen LogP contribution in [0.4, 0.5) is 0 Å². The van der Waals surface area contributed by atoms with E-state index in [0.29, 0.717) is 25.0 Å². The van der Waals surface area contributed by atoms with Crippen molar-refractivity contribution in [3.63, 3.8) is 0 Å². The van der Waals surface area contributed by atoms with Gasteiger partial charge in [0.05, 0.1) is 15.8 Å². The fraction of sp³-hybridized carbons (Fsp3) is 0.550. The van der Waals surface area contributed by atoms with Crippen LogP contribution in [0.2, 0.25) is 0 Å². The number of benzene rings is 1. The van der Waals surface area contributed by atoms with Crippen molar-refractivity contribution in [3.8, 4) is 0 Å². The molecule has 2 heterocycles. The highest BCUT2D eigenvalue weighted by molar-refractivity contribution is 7.89. The number of rotatable bonds is 7. The van der Waals surface area contributed by atoms with Crippen LogP contribution in [-0.2, 0) is 28.4 Å². The molecule has 0 bridgehead atoms. The standard InChI is InChI=1S/C20H28N4O5S/c1-4-14(2)21-30(28,29)15-7-8-17-16(13-15)19(26)24(20(27)22(17)3)12-9-18(25)23-10-5-6-11-23/h7-8,13-14,21H,4-6,9-12H2,1-3H3/t14-/m0/s1. The van der Waals surface area contributed by atoms with Crippen LogP contribution in [0.3, 0.4) is 0 Å². The Hall–Kier alpha value is -2.46. The van der Waals surface area contributed by atoms with Gasteiger partial charge in [0.2, 0.25) is 15.9 Å². The Labute approximate surface area is 175 Å². The molecule has 0 unspecified atom stereocenters. The Morgan fingerprint density at radius 3 is 2.50 bits per heavy atom. The van der Waals surface area contributed by atoms with Crippen LogP contribution in [-0.4, -0.2) is 47.5 Å². The second-order valence-electron chi connectivity index (χ2n) is 7.75. The molecule has 1 aliphatic heterocycles. The van der Waals surface area contributed by atoms with Gasteiger partial charge in [0.15, 0.2) is 0 Å². The van der Waals surface area contributed by atoms with Gasteiger partial charge in [-0.2, -0.15) is 0 Å². The molecular formula is C20H28N4O5S. The Morgan fingerprint density at radius 2 is 1.87 bits per heavy atom. The monoisotopic (exact) mass is 436 g/mol. The highest BCUT2D eigenvalue weighted by Crippen LogP contribution is 2.16. The number of hydrogen-bond acceptors (Lipinski definition) is 5. The van der Waals surface area contributed by atoms with Crippen molar-refractivity contribution in [3.05, 3.63) is 39.0 Å². The summed E-state index contributed by atoms with van der Waals surface area (Å²) in [5, 5.41) is 0.123. The van der Waals surface area contributed by atoms with Gasteiger partial charge in [-0.15, -0.1) is 0 Å². The lowest BCUT2D eigenvalue weighted by Crippen LogP contribution is -2.40. The van der Waals surface area contributed by atoms with Crippen molar-refractivity contribution in [2.45, 2.75) is 57.0 Å². The molecule has 0 aliphatic carbocycles. The van der Waals surface area contributed by atoms with Crippen LogP contribution in [0.25, 0.3) is 10.9 Å². The summed E-state index contributed by atoms with van der Waals surface area (Å²) in [6, 6.07) is 3.88. The molecule has 164 valence electrons. The third-order valence-electron chi connectivity index (χ3n) is 5.61. The SMILES string of the molecule is CC[C@H](C)NS(=O)(=O)c1ccc2c(c1)c(=O)n(CCC(=O)N1CCCC1)c(=O)n2C. The van der Waals surface area contributed by atoms with Crippen molar-refractivity contribution in [1.29, 1.82) is 0 Å². The summed E-state index contributed by atoms with van der Waals surface area (Å²) in [6.07, 6.45) is 2.60. The zero-order valence-electron chi connectivity index (χ0n) is 17.6. The van der Waals surface area contributed by atoms with Crippen LogP contribution < -0.4 is 16.0 Å². The average molecular weight is 437 g/mol. The van der Waals surface area contributed by atoms with Gasteiger partial charge in [0.1, 0.15) is 0 Å². The minimum Gasteiger partial charge on any atom is -0.343 e. The number of hydrogen-bond donors (Lipinski definition) is 1. The quantitative estimate of drug-likeness (QED) is 0.690. The molecule has 1 amide bonds. The number of likely N-dealkylation sites (tertiary alicyclic amines) is 1. The maximum absolute atomic E-state index is 13.0. The van der Waals surface area contributed by atoms with E-state index in [9.17, 15) is 22.8 Å². The first-order valence-electron chi connectivity index (χ1n) is 10.2. The first-order chi connectivity index (χ1) is 14.2. The number of nitrogens with zero attached hydrogens (tertiary/aromatic N) is 3. The van der Waals surface area contributed by atoms with Gasteiger partial charge in [-0.1, -0.05) is 6.92 Å². The van der Waals surface area contributed by atoms with E-state index in [0.717, 1.165) is 17.4 Å². The molecule has 2 aromatic rings. The summed E-state index contributed by atoms with van der Waals surface area (Å²) in [6.45, 7) is 4.98. The highest BCUT2D eigenvalue weighted by Gasteiger charge is 2.21. The third kappa shape index (κ3) is 4.34. The molecule has 1 aromatic carbocycles. The molecule has 1 aliphatic rings. The fourth-order valence-corrected chi connectivity index (χ4v) is 4.96. The molecule has 10 heteroatoms. The Bertz CT molecular complexity index is 1180. The highest BCUT2D eigenvalue weighted by atomic mass is 32.2. The van der Waals surface area contributed by atoms with Crippen LogP contribution >= 0.6 is 0 Å². The number of aryl methyl sites for hydroxylation is 1. The number of amides is 1. The van der Waals surface area contributed by atoms with Crippen LogP contribution in [0, 0.1) is 0 Å². The predicted octanol–water partition coefficient (Wildman–Crippen LogP) is 0.790. The molecule has 1 N–H and O–H groups in total. The van der Waals surface area contributed by atoms with Gasteiger partial charge in [0.25, 0.3) is 5.56 Å². The number of carbonyl (C=O) groups is 1. The molecule has 1 fully saturated rings. The lowest BCUT2D eigenvalue weighted by Gasteiger charge is -2.16. The number of aromatic nitrogens is 2. The van der Waals surface area contributed by atoms with E-state index in [1.165, 1.54) is 29.8 Å². The van der Waals surface area contributed by atoms with E-state index in [1.807, 2.05) is 6.92 Å². The third-order valence-corrected chi connectivity index (χ3v) is 7.20. The molecule has 0 saturated carbocycles. The van der Waals surface area contributed by atoms with Crippen LogP contribution in [0.15, 0.2) is 32.7 Å². The molecule has 1 atom stereocenters. The van der Waals surface area contributed by atoms with Crippen LogP contribution in [0.1, 0.15) is 39.5 Å². The van der Waals surface area contributed by atoms with Crippen molar-refractivity contribution in [2.24, 2.45) is 7.05 Å². The van der Waals surface area contributed by atoms with Crippen molar-refractivity contribution in [1.82, 2.24) is 18.8 Å². The van der Waals surface area contributed by atoms with E-state index in [-0.39, 0.29) is 35.2 Å². The van der Waals surface area contributed by atoms with Gasteiger partial charge in [0, 0.05) is 39.1 Å². The second-order valence-corrected chi connectivity index (χ2v) is 9.46. The molecule has 3 rings (SSSR count). The Kier molecular flexibility index (Phi) is 6.47. The smallest absolute Gasteiger partial charge is 0.331 e. The predicted molar refractivity (Wildman–Crippen MR) is 114 cm³/mol. The van der Waals surface area contributed by atoms with Gasteiger partial charge >= 0.3 is 5.69 Å². The Morgan fingerprint density at radius 1 is 1.20 bits per heavy atom. The molecule has 9 nitrogen and oxygen atoms in total. The molecule has 1 saturated heterocycles. The summed E-state index contributed by atoms with van der Waals surface area (Å²) in [5.41, 5.74) is -0.785. The first-order valence-corrected chi connectivity index (χ1v) is 11.7. The summed E-state index contributed by atoms with van der Waals surface area (Å²) < 4.78 is 30.1. The van der Waals surface area contributed by atoms with Gasteiger partial charge in [-0.05, 0) is 44.4 Å². The number of nitrogens with one attached hydrogen (secondary N) is 1. The van der Waals surface area contributed by atoms with Crippen LogP contribution in [0.5, 0.6) is 0 Å². The molecule has 0 spiro atoms. The topological polar surface area (TPSA) is 110 Å². The van der Waals surface area contributed by atoms with Crippen molar-refractivity contribution >= 4 is 26.8 Å². The van der Waals surface area contributed by atoms with Gasteiger partial charge in [-0.3, -0.25) is 18.7 Å². The summed E-state index contributed by atoms with van der Waals surface area (Å²) >= 11 is 0. The zero-order chi connectivity index (χ0) is 22.1. The second kappa shape index (κ2) is 8.73. The summed E-state index contributed by atoms with van der Waals surface area (Å²) in [5.74, 6) is -0.0874. The van der Waals surface area contributed by atoms with Gasteiger partial charge < -0.3 is 4.90 Å². The van der Waals surface area contributed by atoms with Gasteiger partial charge in [-0.25, -0.2) is 17.9 Å². The number of carbonyl (C=O) groups excluding carboxylic acids is 1. The van der Waals surface area contributed by atoms with Crippen molar-refractivity contribution < 1.29 is 13.2 Å². The summed E-state index contributed by atoms with van der Waals surface area (Å²) in [7, 11) is -2.28. The minimum absolute atomic E-state index is 0.0363. The fourth-order valence-electron chi connectivity index (χ4n) is 3.61. The molecule has 30 heavy (non-hydrogen) atoms. The largest absolute Gasteiger partial charge is 0.343 e. The minimum atomic E-state index is -3.80. The zero-order valence-corrected chi connectivity index (χ0v) is 18.4. The maximum Gasteiger partial charge on any atom is 0.331 e. The lowest BCUT2D eigenvalue weighted by molar-refractivity contribution is -0.130. The molecule has 1 aromatic heterocycles. The lowest BCUT2D eigenvalue weighted by atomic mass is 10.2. The van der Waals surface area contributed by atoms with E-state index in [4.69, 9.17) is 0 Å². The normalized spacial score (nSPS) is 15.6. The maximum atomic E-state index is 13.0. The number of sulfonamides is 1. The van der Waals surface area contributed by atoms with Crippen molar-refractivity contribution in [2.75, 3.05) is 13.1 Å².